The maximum atomic E-state index is 11.2. The number of urea groups is 1. The van der Waals surface area contributed by atoms with Gasteiger partial charge in [-0.3, -0.25) is 0 Å². The molecule has 1 aromatic carbocycles. The summed E-state index contributed by atoms with van der Waals surface area (Å²) in [4.78, 5) is 13.2. The van der Waals surface area contributed by atoms with Crippen molar-refractivity contribution in [1.82, 2.24) is 10.3 Å². The van der Waals surface area contributed by atoms with E-state index >= 15 is 0 Å². The van der Waals surface area contributed by atoms with Crippen LogP contribution in [0, 0.1) is 0 Å². The molecule has 5 nitrogen and oxygen atoms in total. The number of anilines is 1. The van der Waals surface area contributed by atoms with Crippen molar-refractivity contribution in [2.75, 3.05) is 33.1 Å². The number of carbonyl (C=O) groups is 1. The Labute approximate surface area is 102 Å². The number of hydrazone groups is 1. The fourth-order valence-electron chi connectivity index (χ4n) is 1.23. The molecule has 0 heterocycles. The Kier molecular flexibility index (Phi) is 4.51. The SMILES string of the molecule is CNC(=O)N(C)/N=C/c1ccc(N(C)C)cc1. The zero-order chi connectivity index (χ0) is 12.8. The first-order valence-corrected chi connectivity index (χ1v) is 5.31. The molecule has 5 heteroatoms. The number of nitrogens with zero attached hydrogens (tertiary/aromatic N) is 3. The molecule has 0 unspecified atom stereocenters. The van der Waals surface area contributed by atoms with Gasteiger partial charge in [0.1, 0.15) is 0 Å². The van der Waals surface area contributed by atoms with Crippen LogP contribution in [0.2, 0.25) is 0 Å². The number of hydrogen-bond acceptors (Lipinski definition) is 3. The predicted octanol–water partition coefficient (Wildman–Crippen LogP) is 1.36. The minimum atomic E-state index is -0.244. The van der Waals surface area contributed by atoms with E-state index in [9.17, 15) is 4.79 Å². The van der Waals surface area contributed by atoms with Crippen LogP contribution in [0.5, 0.6) is 0 Å². The van der Waals surface area contributed by atoms with Crippen LogP contribution >= 0.6 is 0 Å². The molecule has 0 radical (unpaired) electrons. The summed E-state index contributed by atoms with van der Waals surface area (Å²) < 4.78 is 0. The van der Waals surface area contributed by atoms with E-state index in [-0.39, 0.29) is 6.03 Å². The van der Waals surface area contributed by atoms with Crippen molar-refractivity contribution in [2.45, 2.75) is 0 Å². The second-order valence-corrected chi connectivity index (χ2v) is 3.81. The van der Waals surface area contributed by atoms with Crippen molar-refractivity contribution < 1.29 is 4.79 Å². The standard InChI is InChI=1S/C12H18N4O/c1-13-12(17)16(4)14-9-10-5-7-11(8-6-10)15(2)3/h5-9H,1-4H3,(H,13,17)/b14-9+. The molecular weight excluding hydrogens is 216 g/mol. The normalized spacial score (nSPS) is 10.4. The molecule has 0 aromatic heterocycles. The van der Waals surface area contributed by atoms with Crippen LogP contribution < -0.4 is 10.2 Å². The third-order valence-corrected chi connectivity index (χ3v) is 2.30. The first-order valence-electron chi connectivity index (χ1n) is 5.31. The Bertz CT molecular complexity index is 397. The molecule has 0 aliphatic heterocycles. The van der Waals surface area contributed by atoms with Gasteiger partial charge in [-0.2, -0.15) is 5.10 Å². The summed E-state index contributed by atoms with van der Waals surface area (Å²) in [6.07, 6.45) is 1.65. The molecule has 0 saturated carbocycles. The molecule has 0 aliphatic carbocycles. The Balaban J connectivity index is 2.69. The van der Waals surface area contributed by atoms with Gasteiger partial charge in [-0.1, -0.05) is 12.1 Å². The molecular formula is C12H18N4O. The van der Waals surface area contributed by atoms with E-state index in [2.05, 4.69) is 10.4 Å². The molecule has 1 rings (SSSR count). The van der Waals surface area contributed by atoms with Crippen molar-refractivity contribution in [2.24, 2.45) is 5.10 Å². The molecule has 1 aromatic rings. The van der Waals surface area contributed by atoms with E-state index in [1.165, 1.54) is 5.01 Å². The van der Waals surface area contributed by atoms with Gasteiger partial charge >= 0.3 is 6.03 Å². The number of benzene rings is 1. The minimum Gasteiger partial charge on any atom is -0.378 e. The Morgan fingerprint density at radius 1 is 1.24 bits per heavy atom. The lowest BCUT2D eigenvalue weighted by Crippen LogP contribution is -2.30. The monoisotopic (exact) mass is 234 g/mol. The van der Waals surface area contributed by atoms with E-state index in [1.807, 2.05) is 43.3 Å². The van der Waals surface area contributed by atoms with Gasteiger partial charge in [0.2, 0.25) is 0 Å². The van der Waals surface area contributed by atoms with Gasteiger partial charge in [-0.05, 0) is 17.7 Å². The average Bonchev–Trinajstić information content (AvgIpc) is 2.35. The maximum absolute atomic E-state index is 11.2. The van der Waals surface area contributed by atoms with Gasteiger partial charge in [-0.25, -0.2) is 9.80 Å². The van der Waals surface area contributed by atoms with E-state index in [0.29, 0.717) is 0 Å². The third-order valence-electron chi connectivity index (χ3n) is 2.30. The molecule has 1 N–H and O–H groups in total. The lowest BCUT2D eigenvalue weighted by atomic mass is 10.2. The zero-order valence-electron chi connectivity index (χ0n) is 10.6. The quantitative estimate of drug-likeness (QED) is 0.634. The molecule has 0 spiro atoms. The van der Waals surface area contributed by atoms with Crippen molar-refractivity contribution in [1.29, 1.82) is 0 Å². The smallest absolute Gasteiger partial charge is 0.337 e. The van der Waals surface area contributed by atoms with Gasteiger partial charge in [0, 0.05) is 33.9 Å². The summed E-state index contributed by atoms with van der Waals surface area (Å²) in [6.45, 7) is 0. The van der Waals surface area contributed by atoms with Gasteiger partial charge in [-0.15, -0.1) is 0 Å². The second kappa shape index (κ2) is 5.89. The van der Waals surface area contributed by atoms with E-state index in [4.69, 9.17) is 0 Å². The van der Waals surface area contributed by atoms with Crippen LogP contribution in [-0.2, 0) is 0 Å². The predicted molar refractivity (Wildman–Crippen MR) is 70.6 cm³/mol. The Morgan fingerprint density at radius 2 is 1.82 bits per heavy atom. The highest BCUT2D eigenvalue weighted by molar-refractivity contribution is 5.82. The van der Waals surface area contributed by atoms with Crippen LogP contribution in [0.1, 0.15) is 5.56 Å². The van der Waals surface area contributed by atoms with Gasteiger partial charge in [0.05, 0.1) is 6.21 Å². The summed E-state index contributed by atoms with van der Waals surface area (Å²) in [7, 11) is 7.15. The van der Waals surface area contributed by atoms with E-state index in [1.54, 1.807) is 20.3 Å². The van der Waals surface area contributed by atoms with Crippen molar-refractivity contribution >= 4 is 17.9 Å². The molecule has 92 valence electrons. The fraction of sp³-hybridized carbons (Fsp3) is 0.333. The van der Waals surface area contributed by atoms with Crippen molar-refractivity contribution in [3.05, 3.63) is 29.8 Å². The Hall–Kier alpha value is -2.04. The lowest BCUT2D eigenvalue weighted by molar-refractivity contribution is 0.213. The first kappa shape index (κ1) is 13.0. The fourth-order valence-corrected chi connectivity index (χ4v) is 1.23. The molecule has 17 heavy (non-hydrogen) atoms. The molecule has 0 atom stereocenters. The van der Waals surface area contributed by atoms with Gasteiger partial charge in [0.25, 0.3) is 0 Å². The van der Waals surface area contributed by atoms with Crippen LogP contribution in [0.3, 0.4) is 0 Å². The highest BCUT2D eigenvalue weighted by Gasteiger charge is 2.01. The summed E-state index contributed by atoms with van der Waals surface area (Å²) in [5.41, 5.74) is 2.08. The topological polar surface area (TPSA) is 47.9 Å². The van der Waals surface area contributed by atoms with E-state index < -0.39 is 0 Å². The van der Waals surface area contributed by atoms with Gasteiger partial charge < -0.3 is 10.2 Å². The summed E-state index contributed by atoms with van der Waals surface area (Å²) in [6, 6.07) is 7.67. The molecule has 0 aliphatic rings. The zero-order valence-corrected chi connectivity index (χ0v) is 10.6. The van der Waals surface area contributed by atoms with E-state index in [0.717, 1.165) is 11.3 Å². The van der Waals surface area contributed by atoms with Crippen LogP contribution in [0.15, 0.2) is 29.4 Å². The van der Waals surface area contributed by atoms with Crippen molar-refractivity contribution in [3.8, 4) is 0 Å². The average molecular weight is 234 g/mol. The summed E-state index contributed by atoms with van der Waals surface area (Å²) in [5, 5.41) is 7.76. The van der Waals surface area contributed by atoms with Crippen LogP contribution in [0.4, 0.5) is 10.5 Å². The number of carbonyl (C=O) groups excluding carboxylic acids is 1. The molecule has 0 fully saturated rings. The van der Waals surface area contributed by atoms with Crippen molar-refractivity contribution in [3.63, 3.8) is 0 Å². The second-order valence-electron chi connectivity index (χ2n) is 3.81. The minimum absolute atomic E-state index is 0.244. The summed E-state index contributed by atoms with van der Waals surface area (Å²) in [5.74, 6) is 0. The first-order chi connectivity index (χ1) is 8.04. The molecule has 2 amide bonds. The van der Waals surface area contributed by atoms with Crippen LogP contribution in [-0.4, -0.2) is 45.4 Å². The number of amides is 2. The third kappa shape index (κ3) is 3.79. The number of rotatable bonds is 3. The molecule has 0 bridgehead atoms. The van der Waals surface area contributed by atoms with Gasteiger partial charge in [0.15, 0.2) is 0 Å². The largest absolute Gasteiger partial charge is 0.378 e. The maximum Gasteiger partial charge on any atom is 0.337 e. The summed E-state index contributed by atoms with van der Waals surface area (Å²) >= 11 is 0. The Morgan fingerprint density at radius 3 is 2.29 bits per heavy atom. The molecule has 0 saturated heterocycles. The van der Waals surface area contributed by atoms with Crippen LogP contribution in [0.25, 0.3) is 0 Å². The lowest BCUT2D eigenvalue weighted by Gasteiger charge is -2.12. The highest BCUT2D eigenvalue weighted by atomic mass is 16.2. The highest BCUT2D eigenvalue weighted by Crippen LogP contribution is 2.10. The number of nitrogens with one attached hydrogen (secondary N) is 1. The number of hydrogen-bond donors (Lipinski definition) is 1.